The number of pyridine rings is 1. The van der Waals surface area contributed by atoms with Gasteiger partial charge in [-0.1, -0.05) is 66.7 Å². The van der Waals surface area contributed by atoms with Crippen LogP contribution in [0, 0.1) is 0 Å². The lowest BCUT2D eigenvalue weighted by molar-refractivity contribution is 0.0783. The highest BCUT2D eigenvalue weighted by molar-refractivity contribution is 6.00. The molecule has 0 saturated carbocycles. The van der Waals surface area contributed by atoms with E-state index in [1.54, 1.807) is 28.0 Å². The topological polar surface area (TPSA) is 106 Å². The smallest absolute Gasteiger partial charge is 0.255 e. The van der Waals surface area contributed by atoms with E-state index in [9.17, 15) is 9.59 Å². The van der Waals surface area contributed by atoms with Gasteiger partial charge < -0.3 is 16.0 Å². The van der Waals surface area contributed by atoms with Crippen molar-refractivity contribution in [1.82, 2.24) is 25.0 Å². The van der Waals surface area contributed by atoms with Crippen LogP contribution in [0.15, 0.2) is 104 Å². The lowest BCUT2D eigenvalue weighted by Gasteiger charge is -2.18. The Hall–Kier alpha value is -5.24. The first kappa shape index (κ1) is 26.0. The van der Waals surface area contributed by atoms with Crippen LogP contribution in [0.5, 0.6) is 0 Å². The molecule has 2 aromatic heterocycles. The maximum atomic E-state index is 13.3. The van der Waals surface area contributed by atoms with Gasteiger partial charge in [-0.2, -0.15) is 5.10 Å². The molecule has 6 rings (SSSR count). The predicted molar refractivity (Wildman–Crippen MR) is 160 cm³/mol. The molecule has 0 unspecified atom stereocenters. The van der Waals surface area contributed by atoms with E-state index in [4.69, 9.17) is 5.73 Å². The molecule has 0 bridgehead atoms. The second-order valence-electron chi connectivity index (χ2n) is 10.3. The second-order valence-corrected chi connectivity index (χ2v) is 10.3. The van der Waals surface area contributed by atoms with Crippen LogP contribution in [-0.4, -0.2) is 50.6 Å². The van der Waals surface area contributed by atoms with E-state index in [-0.39, 0.29) is 23.7 Å². The Labute approximate surface area is 238 Å². The number of aromatic nitrogens is 3. The number of nitrogen functional groups attached to an aromatic ring is 1. The van der Waals surface area contributed by atoms with E-state index in [2.05, 4.69) is 39.7 Å². The van der Waals surface area contributed by atoms with Gasteiger partial charge in [-0.05, 0) is 46.9 Å². The van der Waals surface area contributed by atoms with Crippen LogP contribution < -0.4 is 11.1 Å². The highest BCUT2D eigenvalue weighted by Gasteiger charge is 2.29. The van der Waals surface area contributed by atoms with Gasteiger partial charge in [0.1, 0.15) is 5.82 Å². The van der Waals surface area contributed by atoms with E-state index in [1.807, 2.05) is 67.8 Å². The zero-order valence-electron chi connectivity index (χ0n) is 22.7. The Kier molecular flexibility index (Phi) is 7.04. The number of anilines is 1. The summed E-state index contributed by atoms with van der Waals surface area (Å²) in [4.78, 5) is 32.4. The van der Waals surface area contributed by atoms with Crippen LogP contribution in [0.25, 0.3) is 33.4 Å². The monoisotopic (exact) mass is 542 g/mol. The highest BCUT2D eigenvalue weighted by Crippen LogP contribution is 2.32. The van der Waals surface area contributed by atoms with Gasteiger partial charge in [0.15, 0.2) is 0 Å². The van der Waals surface area contributed by atoms with Gasteiger partial charge in [-0.3, -0.25) is 14.3 Å². The maximum absolute atomic E-state index is 13.3. The molecule has 8 heteroatoms. The van der Waals surface area contributed by atoms with Crippen molar-refractivity contribution in [3.63, 3.8) is 0 Å². The Bertz CT molecular complexity index is 1710. The summed E-state index contributed by atoms with van der Waals surface area (Å²) in [5.74, 6) is -0.194. The van der Waals surface area contributed by atoms with E-state index < -0.39 is 0 Å². The van der Waals surface area contributed by atoms with Crippen LogP contribution in [0.4, 0.5) is 5.82 Å². The predicted octanol–water partition coefficient (Wildman–Crippen LogP) is 5.04. The number of nitrogens with zero attached hydrogens (tertiary/aromatic N) is 4. The van der Waals surface area contributed by atoms with Crippen molar-refractivity contribution in [2.24, 2.45) is 7.05 Å². The maximum Gasteiger partial charge on any atom is 0.255 e. The summed E-state index contributed by atoms with van der Waals surface area (Å²) in [7, 11) is 1.83. The molecule has 5 aromatic rings. The number of amides is 2. The number of hydrogen-bond acceptors (Lipinski definition) is 5. The number of aryl methyl sites for hydroxylation is 1. The molecule has 41 heavy (non-hydrogen) atoms. The lowest BCUT2D eigenvalue weighted by Crippen LogP contribution is -2.38. The Morgan fingerprint density at radius 2 is 1.54 bits per heavy atom. The first-order valence-electron chi connectivity index (χ1n) is 13.6. The third-order valence-electron chi connectivity index (χ3n) is 7.47. The van der Waals surface area contributed by atoms with Crippen LogP contribution in [0.1, 0.15) is 27.1 Å². The average molecular weight is 543 g/mol. The molecule has 1 atom stereocenters. The molecule has 3 aromatic carbocycles. The van der Waals surface area contributed by atoms with Crippen LogP contribution >= 0.6 is 0 Å². The summed E-state index contributed by atoms with van der Waals surface area (Å²) >= 11 is 0. The molecule has 0 spiro atoms. The molecule has 1 fully saturated rings. The van der Waals surface area contributed by atoms with Gasteiger partial charge >= 0.3 is 0 Å². The standard InChI is InChI=1S/C33H30N6O2/c1-38-20-26(19-36-38)25-17-30(31(34)35-18-25)32(40)37-27-15-16-39(21-27)33(41)24-13-11-23(12-14-24)29-10-6-5-9-28(29)22-7-3-2-4-8-22/h2-14,17-20,27H,15-16,21H2,1H3,(H2,34,35)(H,37,40)/t27-/m1/s1. The van der Waals surface area contributed by atoms with Crippen LogP contribution in [0.2, 0.25) is 0 Å². The van der Waals surface area contributed by atoms with E-state index >= 15 is 0 Å². The SMILES string of the molecule is Cn1cc(-c2cnc(N)c(C(=O)N[C@@H]3CCN(C(=O)c4ccc(-c5ccccc5-c5ccccc5)cc4)C3)c2)cn1. The molecule has 3 N–H and O–H groups in total. The van der Waals surface area contributed by atoms with Crippen molar-refractivity contribution in [2.45, 2.75) is 12.5 Å². The van der Waals surface area contributed by atoms with Gasteiger partial charge in [0.25, 0.3) is 11.8 Å². The molecule has 0 radical (unpaired) electrons. The molecular formula is C33H30N6O2. The molecule has 8 nitrogen and oxygen atoms in total. The second kappa shape index (κ2) is 11.1. The third kappa shape index (κ3) is 5.45. The minimum Gasteiger partial charge on any atom is -0.383 e. The molecule has 0 aliphatic carbocycles. The van der Waals surface area contributed by atoms with Crippen molar-refractivity contribution in [3.8, 4) is 33.4 Å². The van der Waals surface area contributed by atoms with Crippen molar-refractivity contribution in [3.05, 3.63) is 115 Å². The number of rotatable bonds is 6. The first-order chi connectivity index (χ1) is 20.0. The zero-order valence-corrected chi connectivity index (χ0v) is 22.7. The quantitative estimate of drug-likeness (QED) is 0.313. The van der Waals surface area contributed by atoms with E-state index in [1.165, 1.54) is 0 Å². The average Bonchev–Trinajstić information content (AvgIpc) is 3.66. The minimum absolute atomic E-state index is 0.0515. The van der Waals surface area contributed by atoms with Crippen molar-refractivity contribution >= 4 is 17.6 Å². The summed E-state index contributed by atoms with van der Waals surface area (Å²) in [5.41, 5.74) is 13.0. The molecule has 204 valence electrons. The highest BCUT2D eigenvalue weighted by atomic mass is 16.2. The van der Waals surface area contributed by atoms with Gasteiger partial charge in [-0.15, -0.1) is 0 Å². The van der Waals surface area contributed by atoms with Gasteiger partial charge in [0.2, 0.25) is 0 Å². The Morgan fingerprint density at radius 3 is 2.22 bits per heavy atom. The van der Waals surface area contributed by atoms with Crippen molar-refractivity contribution in [2.75, 3.05) is 18.8 Å². The Balaban J connectivity index is 1.12. The Morgan fingerprint density at radius 1 is 0.854 bits per heavy atom. The first-order valence-corrected chi connectivity index (χ1v) is 13.6. The number of likely N-dealkylation sites (tertiary alicyclic amines) is 1. The fraction of sp³-hybridized carbons (Fsp3) is 0.152. The summed E-state index contributed by atoms with van der Waals surface area (Å²) in [6.07, 6.45) is 5.86. The summed E-state index contributed by atoms with van der Waals surface area (Å²) in [6.45, 7) is 0.991. The van der Waals surface area contributed by atoms with Gasteiger partial charge in [0, 0.05) is 55.3 Å². The number of benzene rings is 3. The molecule has 1 saturated heterocycles. The summed E-state index contributed by atoms with van der Waals surface area (Å²) in [5, 5.41) is 7.21. The van der Waals surface area contributed by atoms with E-state index in [0.29, 0.717) is 30.6 Å². The molecular weight excluding hydrogens is 512 g/mol. The summed E-state index contributed by atoms with van der Waals surface area (Å²) < 4.78 is 1.69. The van der Waals surface area contributed by atoms with Gasteiger partial charge in [0.05, 0.1) is 11.8 Å². The number of carbonyl (C=O) groups is 2. The zero-order chi connectivity index (χ0) is 28.3. The van der Waals surface area contributed by atoms with Crippen LogP contribution in [-0.2, 0) is 7.05 Å². The fourth-order valence-electron chi connectivity index (χ4n) is 5.29. The lowest BCUT2D eigenvalue weighted by atomic mass is 9.94. The largest absolute Gasteiger partial charge is 0.383 e. The number of hydrogen-bond donors (Lipinski definition) is 2. The number of nitrogens with two attached hydrogens (primary N) is 1. The van der Waals surface area contributed by atoms with Gasteiger partial charge in [-0.25, -0.2) is 4.98 Å². The molecule has 1 aliphatic rings. The molecule has 2 amide bonds. The fourth-order valence-corrected chi connectivity index (χ4v) is 5.29. The minimum atomic E-state index is -0.304. The molecule has 1 aliphatic heterocycles. The normalized spacial score (nSPS) is 14.7. The van der Waals surface area contributed by atoms with Crippen molar-refractivity contribution in [1.29, 1.82) is 0 Å². The molecule has 3 heterocycles. The van der Waals surface area contributed by atoms with Crippen LogP contribution in [0.3, 0.4) is 0 Å². The number of carbonyl (C=O) groups excluding carboxylic acids is 2. The van der Waals surface area contributed by atoms with E-state index in [0.717, 1.165) is 33.4 Å². The number of nitrogens with one attached hydrogen (secondary N) is 1. The summed E-state index contributed by atoms with van der Waals surface area (Å²) in [6, 6.07) is 27.8. The third-order valence-corrected chi connectivity index (χ3v) is 7.47. The van der Waals surface area contributed by atoms with Crippen molar-refractivity contribution < 1.29 is 9.59 Å².